The first-order valence-corrected chi connectivity index (χ1v) is 15.1. The maximum absolute atomic E-state index is 14.0. The van der Waals surface area contributed by atoms with E-state index in [4.69, 9.17) is 9.47 Å². The molecule has 2 aliphatic rings. The van der Waals surface area contributed by atoms with Crippen molar-refractivity contribution in [1.29, 1.82) is 0 Å². The molecular formula is C33H31F4N3O9. The predicted molar refractivity (Wildman–Crippen MR) is 160 cm³/mol. The van der Waals surface area contributed by atoms with Crippen LogP contribution in [0.15, 0.2) is 36.5 Å². The molecule has 0 saturated heterocycles. The van der Waals surface area contributed by atoms with Crippen LogP contribution in [0.25, 0.3) is 0 Å². The van der Waals surface area contributed by atoms with E-state index in [-0.39, 0.29) is 24.8 Å². The van der Waals surface area contributed by atoms with Crippen LogP contribution in [0.3, 0.4) is 0 Å². The van der Waals surface area contributed by atoms with E-state index in [9.17, 15) is 46.6 Å². The number of hydrogen-bond acceptors (Lipinski definition) is 8. The third-order valence-corrected chi connectivity index (χ3v) is 8.39. The summed E-state index contributed by atoms with van der Waals surface area (Å²) in [4.78, 5) is 64.5. The number of carboxylic acid groups (broad SMARTS) is 1. The Bertz CT molecular complexity index is 1800. The maximum atomic E-state index is 14.0. The molecule has 5 rings (SSSR count). The second kappa shape index (κ2) is 14.4. The Morgan fingerprint density at radius 1 is 1.04 bits per heavy atom. The molecule has 1 aromatic heterocycles. The summed E-state index contributed by atoms with van der Waals surface area (Å²) >= 11 is 0. The van der Waals surface area contributed by atoms with E-state index in [2.05, 4.69) is 15.4 Å². The van der Waals surface area contributed by atoms with Gasteiger partial charge in [-0.05, 0) is 49.1 Å². The molecule has 0 fully saturated rings. The minimum Gasteiger partial charge on any atom is -0.497 e. The van der Waals surface area contributed by atoms with Gasteiger partial charge >= 0.3 is 12.1 Å². The minimum atomic E-state index is -1.91. The first kappa shape index (κ1) is 34.9. The molecule has 4 atom stereocenters. The average molecular weight is 690 g/mol. The van der Waals surface area contributed by atoms with E-state index in [1.807, 2.05) is 0 Å². The van der Waals surface area contributed by atoms with Crippen LogP contribution in [-0.2, 0) is 32.1 Å². The third kappa shape index (κ3) is 7.68. The third-order valence-electron chi connectivity index (χ3n) is 8.39. The SMILES string of the molecule is COc1cc(C)cc(OC(=O)NC2CCc3ccn4c3C2C(=O)CC(C(=O)NC(CC(=O)O)C(=O)COc2c(F)c(F)cc(F)c2F)C4)c1. The number of carbonyl (C=O) groups excluding carboxylic acids is 4. The van der Waals surface area contributed by atoms with Crippen molar-refractivity contribution < 1.29 is 60.9 Å². The fraction of sp³-hybridized carbons (Fsp3) is 0.364. The molecule has 3 aromatic rings. The van der Waals surface area contributed by atoms with Crippen LogP contribution in [0.1, 0.15) is 42.0 Å². The van der Waals surface area contributed by atoms with Crippen molar-refractivity contribution in [2.75, 3.05) is 13.7 Å². The van der Waals surface area contributed by atoms with Gasteiger partial charge < -0.3 is 34.5 Å². The fourth-order valence-electron chi connectivity index (χ4n) is 6.14. The van der Waals surface area contributed by atoms with Gasteiger partial charge in [-0.25, -0.2) is 13.6 Å². The summed E-state index contributed by atoms with van der Waals surface area (Å²) in [6, 6.07) is 4.18. The number of methoxy groups -OCH3 is 1. The van der Waals surface area contributed by atoms with E-state index < -0.39 is 95.5 Å². The Labute approximate surface area is 276 Å². The Hall–Kier alpha value is -5.41. The summed E-state index contributed by atoms with van der Waals surface area (Å²) in [7, 11) is 1.47. The molecule has 12 nitrogen and oxygen atoms in total. The van der Waals surface area contributed by atoms with Crippen molar-refractivity contribution in [2.24, 2.45) is 5.92 Å². The number of carboxylic acids is 1. The zero-order valence-corrected chi connectivity index (χ0v) is 26.2. The van der Waals surface area contributed by atoms with Gasteiger partial charge in [0.1, 0.15) is 29.9 Å². The second-order valence-electron chi connectivity index (χ2n) is 11.8. The van der Waals surface area contributed by atoms with Crippen LogP contribution in [0, 0.1) is 36.1 Å². The number of rotatable bonds is 11. The zero-order chi connectivity index (χ0) is 35.6. The van der Waals surface area contributed by atoms with Crippen LogP contribution >= 0.6 is 0 Å². The topological polar surface area (TPSA) is 162 Å². The highest BCUT2D eigenvalue weighted by Crippen LogP contribution is 2.38. The molecule has 2 heterocycles. The number of amides is 2. The number of halogens is 4. The molecule has 49 heavy (non-hydrogen) atoms. The summed E-state index contributed by atoms with van der Waals surface area (Å²) in [6.45, 7) is 0.517. The molecule has 4 unspecified atom stereocenters. The Balaban J connectivity index is 1.29. The molecule has 1 aliphatic carbocycles. The number of Topliss-reactive ketones (excluding diaryl/α,β-unsaturated/α-hetero) is 2. The highest BCUT2D eigenvalue weighted by atomic mass is 19.2. The Kier molecular flexibility index (Phi) is 10.2. The smallest absolute Gasteiger partial charge is 0.412 e. The number of nitrogens with zero attached hydrogens (tertiary/aromatic N) is 1. The number of aromatic nitrogens is 1. The van der Waals surface area contributed by atoms with Gasteiger partial charge in [-0.2, -0.15) is 8.78 Å². The summed E-state index contributed by atoms with van der Waals surface area (Å²) in [5.41, 5.74) is 2.24. The number of ether oxygens (including phenoxy) is 3. The minimum absolute atomic E-state index is 0.0346. The van der Waals surface area contributed by atoms with Crippen LogP contribution in [0.4, 0.5) is 22.4 Å². The van der Waals surface area contributed by atoms with E-state index in [1.165, 1.54) is 13.2 Å². The standard InChI is InChI=1S/C33H31F4N3O9/c1-15-7-18(47-2)10-19(8-15)49-33(46)39-22-4-3-16-5-6-40-13-17(9-24(41)27(22)30(16)40)32(45)38-23(12-26(43)44)25(42)14-48-31-28(36)20(34)11-21(35)29(31)37/h5-8,10-11,17,22-23,27H,3-4,9,12-14H2,1-2H3,(H,38,45)(H,39,46)(H,43,44). The van der Waals surface area contributed by atoms with Gasteiger partial charge in [0.15, 0.2) is 23.2 Å². The number of benzene rings is 2. The highest BCUT2D eigenvalue weighted by molar-refractivity contribution is 5.96. The van der Waals surface area contributed by atoms with Gasteiger partial charge in [0.05, 0.1) is 25.4 Å². The van der Waals surface area contributed by atoms with Gasteiger partial charge in [-0.15, -0.1) is 0 Å². The number of hydrogen-bond donors (Lipinski definition) is 3. The Morgan fingerprint density at radius 2 is 1.73 bits per heavy atom. The molecule has 0 saturated carbocycles. The van der Waals surface area contributed by atoms with Crippen molar-refractivity contribution in [3.63, 3.8) is 0 Å². The second-order valence-corrected chi connectivity index (χ2v) is 11.8. The van der Waals surface area contributed by atoms with Crippen LogP contribution in [-0.4, -0.2) is 65.0 Å². The number of aryl methyl sites for hydroxylation is 2. The number of aliphatic carboxylic acids is 1. The van der Waals surface area contributed by atoms with Gasteiger partial charge in [-0.3, -0.25) is 19.2 Å². The Morgan fingerprint density at radius 3 is 2.41 bits per heavy atom. The van der Waals surface area contributed by atoms with Crippen LogP contribution < -0.4 is 24.8 Å². The lowest BCUT2D eigenvalue weighted by Gasteiger charge is -2.31. The van der Waals surface area contributed by atoms with Crippen molar-refractivity contribution in [3.8, 4) is 17.2 Å². The molecular weight excluding hydrogens is 658 g/mol. The molecule has 0 spiro atoms. The first-order valence-electron chi connectivity index (χ1n) is 15.1. The largest absolute Gasteiger partial charge is 0.497 e. The summed E-state index contributed by atoms with van der Waals surface area (Å²) in [5.74, 6) is -14.1. The predicted octanol–water partition coefficient (Wildman–Crippen LogP) is 3.75. The average Bonchev–Trinajstić information content (AvgIpc) is 3.37. The van der Waals surface area contributed by atoms with E-state index in [1.54, 1.807) is 35.9 Å². The van der Waals surface area contributed by atoms with E-state index in [0.29, 0.717) is 24.3 Å². The van der Waals surface area contributed by atoms with E-state index >= 15 is 0 Å². The van der Waals surface area contributed by atoms with Crippen molar-refractivity contribution in [2.45, 2.75) is 57.2 Å². The molecule has 260 valence electrons. The lowest BCUT2D eigenvalue weighted by molar-refractivity contribution is -0.141. The molecule has 3 N–H and O–H groups in total. The highest BCUT2D eigenvalue weighted by Gasteiger charge is 2.43. The molecule has 2 aromatic carbocycles. The van der Waals surface area contributed by atoms with Crippen molar-refractivity contribution in [1.82, 2.24) is 15.2 Å². The summed E-state index contributed by atoms with van der Waals surface area (Å²) < 4.78 is 72.2. The number of nitrogens with one attached hydrogen (secondary N) is 2. The molecule has 2 amide bonds. The molecule has 16 heteroatoms. The number of ketones is 2. The normalized spacial score (nSPS) is 18.8. The van der Waals surface area contributed by atoms with Crippen molar-refractivity contribution in [3.05, 3.63) is 76.6 Å². The van der Waals surface area contributed by atoms with Gasteiger partial charge in [0.25, 0.3) is 0 Å². The van der Waals surface area contributed by atoms with Crippen LogP contribution in [0.5, 0.6) is 17.2 Å². The quantitative estimate of drug-likeness (QED) is 0.201. The lowest BCUT2D eigenvalue weighted by Crippen LogP contribution is -2.47. The molecule has 0 radical (unpaired) electrons. The number of carbonyl (C=O) groups is 5. The van der Waals surface area contributed by atoms with Gasteiger partial charge in [0, 0.05) is 43.0 Å². The molecule has 1 aliphatic heterocycles. The zero-order valence-electron chi connectivity index (χ0n) is 26.2. The van der Waals surface area contributed by atoms with Crippen molar-refractivity contribution >= 4 is 29.5 Å². The molecule has 0 bridgehead atoms. The fourth-order valence-corrected chi connectivity index (χ4v) is 6.14. The summed E-state index contributed by atoms with van der Waals surface area (Å²) in [6.07, 6.45) is 0.470. The van der Waals surface area contributed by atoms with E-state index in [0.717, 1.165) is 11.1 Å². The monoisotopic (exact) mass is 689 g/mol. The van der Waals surface area contributed by atoms with Gasteiger partial charge in [-0.1, -0.05) is 0 Å². The lowest BCUT2D eigenvalue weighted by atomic mass is 9.79. The first-order chi connectivity index (χ1) is 23.2. The maximum Gasteiger partial charge on any atom is 0.412 e. The summed E-state index contributed by atoms with van der Waals surface area (Å²) in [5, 5.41) is 14.4. The van der Waals surface area contributed by atoms with Crippen LogP contribution in [0.2, 0.25) is 0 Å². The van der Waals surface area contributed by atoms with Gasteiger partial charge in [0.2, 0.25) is 17.5 Å².